The van der Waals surface area contributed by atoms with Gasteiger partial charge >= 0.3 is 12.4 Å². The van der Waals surface area contributed by atoms with Crippen LogP contribution in [-0.4, -0.2) is 9.97 Å². The van der Waals surface area contributed by atoms with Crippen molar-refractivity contribution in [1.82, 2.24) is 9.97 Å². The minimum atomic E-state index is -4.91. The smallest absolute Gasteiger partial charge is 0.340 e. The first kappa shape index (κ1) is 17.5. The molecule has 1 N–H and O–H groups in total. The van der Waals surface area contributed by atoms with Gasteiger partial charge in [0.2, 0.25) is 0 Å². The quantitative estimate of drug-likeness (QED) is 0.575. The van der Waals surface area contributed by atoms with E-state index in [0.717, 1.165) is 4.88 Å². The highest BCUT2D eigenvalue weighted by atomic mass is 32.1. The third-order valence-corrected chi connectivity index (χ3v) is 4.26. The van der Waals surface area contributed by atoms with Gasteiger partial charge in [-0.25, -0.2) is 9.97 Å². The number of halogens is 6. The Kier molecular flexibility index (Phi) is 4.10. The summed E-state index contributed by atoms with van der Waals surface area (Å²) in [5, 5.41) is 3.06. The number of alkyl halides is 6. The van der Waals surface area contributed by atoms with Gasteiger partial charge in [-0.05, 0) is 31.2 Å². The van der Waals surface area contributed by atoms with Crippen LogP contribution in [0.15, 0.2) is 30.6 Å². The Morgan fingerprint density at radius 2 is 1.48 bits per heavy atom. The fourth-order valence-electron chi connectivity index (χ4n) is 2.24. The summed E-state index contributed by atoms with van der Waals surface area (Å²) in [6.45, 7) is 1.81. The summed E-state index contributed by atoms with van der Waals surface area (Å²) in [6, 6.07) is 3.01. The van der Waals surface area contributed by atoms with E-state index in [1.165, 1.54) is 17.7 Å². The molecule has 0 unspecified atom stereocenters. The van der Waals surface area contributed by atoms with Crippen molar-refractivity contribution in [1.29, 1.82) is 0 Å². The molecule has 0 spiro atoms. The van der Waals surface area contributed by atoms with Gasteiger partial charge in [0.1, 0.15) is 17.0 Å². The molecule has 2 heterocycles. The first-order valence-corrected chi connectivity index (χ1v) is 7.63. The molecule has 1 aromatic carbocycles. The molecule has 0 radical (unpaired) electrons. The molecule has 0 aliphatic heterocycles. The third kappa shape index (κ3) is 3.68. The molecule has 3 aromatic rings. The fraction of sp³-hybridized carbons (Fsp3) is 0.200. The summed E-state index contributed by atoms with van der Waals surface area (Å²) in [5.41, 5.74) is -3.14. The lowest BCUT2D eigenvalue weighted by Gasteiger charge is -2.15. The van der Waals surface area contributed by atoms with E-state index in [-0.39, 0.29) is 17.6 Å². The first-order chi connectivity index (χ1) is 11.5. The van der Waals surface area contributed by atoms with Crippen molar-refractivity contribution in [2.75, 3.05) is 5.32 Å². The van der Waals surface area contributed by atoms with Crippen molar-refractivity contribution in [3.63, 3.8) is 0 Å². The average molecular weight is 377 g/mol. The van der Waals surface area contributed by atoms with Crippen molar-refractivity contribution in [3.8, 4) is 0 Å². The normalized spacial score (nSPS) is 12.6. The standard InChI is InChI=1S/C15H9F6N3S/c1-7-2-11-12(22-6-23-13(11)25-7)24-10-4-8(14(16,17)18)3-9(5-10)15(19,20)21/h2-6H,1H3,(H,22,23,24). The highest BCUT2D eigenvalue weighted by Crippen LogP contribution is 2.38. The van der Waals surface area contributed by atoms with Crippen LogP contribution >= 0.6 is 11.3 Å². The molecule has 0 aliphatic rings. The molecule has 0 amide bonds. The van der Waals surface area contributed by atoms with Crippen molar-refractivity contribution in [2.24, 2.45) is 0 Å². The summed E-state index contributed by atoms with van der Waals surface area (Å²) in [6.07, 6.45) is -8.62. The third-order valence-electron chi connectivity index (χ3n) is 3.30. The van der Waals surface area contributed by atoms with Crippen molar-refractivity contribution < 1.29 is 26.3 Å². The van der Waals surface area contributed by atoms with Crippen LogP contribution < -0.4 is 5.32 Å². The van der Waals surface area contributed by atoms with Gasteiger partial charge in [-0.3, -0.25) is 0 Å². The predicted molar refractivity (Wildman–Crippen MR) is 81.9 cm³/mol. The van der Waals surface area contributed by atoms with Gasteiger partial charge in [0.25, 0.3) is 0 Å². The summed E-state index contributed by atoms with van der Waals surface area (Å²) in [7, 11) is 0. The zero-order chi connectivity index (χ0) is 18.4. The SMILES string of the molecule is Cc1cc2c(Nc3cc(C(F)(F)F)cc(C(F)(F)F)c3)ncnc2s1. The van der Waals surface area contributed by atoms with Crippen LogP contribution in [0.1, 0.15) is 16.0 Å². The van der Waals surface area contributed by atoms with E-state index in [1.807, 2.05) is 6.92 Å². The van der Waals surface area contributed by atoms with Crippen LogP contribution in [0.25, 0.3) is 10.2 Å². The van der Waals surface area contributed by atoms with Crippen LogP contribution in [0, 0.1) is 6.92 Å². The lowest BCUT2D eigenvalue weighted by Crippen LogP contribution is -2.11. The zero-order valence-corrected chi connectivity index (χ0v) is 13.3. The lowest BCUT2D eigenvalue weighted by atomic mass is 10.1. The molecule has 25 heavy (non-hydrogen) atoms. The Balaban J connectivity index is 2.09. The molecule has 0 aliphatic carbocycles. The summed E-state index contributed by atoms with van der Waals surface area (Å²) in [5.74, 6) is 0.141. The van der Waals surface area contributed by atoms with Gasteiger partial charge in [-0.2, -0.15) is 26.3 Å². The molecular weight excluding hydrogens is 368 g/mol. The summed E-state index contributed by atoms with van der Waals surface area (Å²) in [4.78, 5) is 9.42. The van der Waals surface area contributed by atoms with Crippen LogP contribution in [0.3, 0.4) is 0 Å². The molecule has 10 heteroatoms. The van der Waals surface area contributed by atoms with Crippen LogP contribution in [-0.2, 0) is 12.4 Å². The van der Waals surface area contributed by atoms with Gasteiger partial charge < -0.3 is 5.32 Å². The number of nitrogens with one attached hydrogen (secondary N) is 1. The topological polar surface area (TPSA) is 37.8 Å². The number of aryl methyl sites for hydroxylation is 1. The number of benzene rings is 1. The first-order valence-electron chi connectivity index (χ1n) is 6.82. The Bertz CT molecular complexity index is 897. The van der Waals surface area contributed by atoms with Gasteiger partial charge in [-0.1, -0.05) is 0 Å². The van der Waals surface area contributed by atoms with Crippen LogP contribution in [0.4, 0.5) is 37.8 Å². The van der Waals surface area contributed by atoms with Crippen LogP contribution in [0.2, 0.25) is 0 Å². The fourth-order valence-corrected chi connectivity index (χ4v) is 3.09. The second-order valence-electron chi connectivity index (χ2n) is 5.22. The Hall–Kier alpha value is -2.36. The molecule has 0 saturated heterocycles. The van der Waals surface area contributed by atoms with E-state index >= 15 is 0 Å². The number of aromatic nitrogens is 2. The van der Waals surface area contributed by atoms with Crippen molar-refractivity contribution in [3.05, 3.63) is 46.6 Å². The Labute approximate surface area is 141 Å². The highest BCUT2D eigenvalue weighted by molar-refractivity contribution is 7.18. The maximum Gasteiger partial charge on any atom is 0.416 e. The Morgan fingerprint density at radius 3 is 2.04 bits per heavy atom. The molecule has 0 bridgehead atoms. The largest absolute Gasteiger partial charge is 0.416 e. The molecule has 3 rings (SSSR count). The van der Waals surface area contributed by atoms with E-state index in [1.54, 1.807) is 6.07 Å². The van der Waals surface area contributed by atoms with Crippen molar-refractivity contribution >= 4 is 33.1 Å². The maximum atomic E-state index is 12.9. The van der Waals surface area contributed by atoms with E-state index < -0.39 is 23.5 Å². The molecule has 0 fully saturated rings. The minimum Gasteiger partial charge on any atom is -0.340 e. The van der Waals surface area contributed by atoms with Gasteiger partial charge in [0.05, 0.1) is 16.5 Å². The maximum absolute atomic E-state index is 12.9. The number of thiophene rings is 1. The lowest BCUT2D eigenvalue weighted by molar-refractivity contribution is -0.143. The zero-order valence-electron chi connectivity index (χ0n) is 12.5. The van der Waals surface area contributed by atoms with E-state index in [4.69, 9.17) is 0 Å². The van der Waals surface area contributed by atoms with Gasteiger partial charge in [-0.15, -0.1) is 11.3 Å². The van der Waals surface area contributed by atoms with E-state index in [2.05, 4.69) is 15.3 Å². The summed E-state index contributed by atoms with van der Waals surface area (Å²) < 4.78 is 77.5. The number of rotatable bonds is 2. The molecule has 0 atom stereocenters. The Morgan fingerprint density at radius 1 is 0.880 bits per heavy atom. The van der Waals surface area contributed by atoms with E-state index in [9.17, 15) is 26.3 Å². The van der Waals surface area contributed by atoms with Gasteiger partial charge in [0, 0.05) is 10.6 Å². The molecule has 0 saturated carbocycles. The second-order valence-corrected chi connectivity index (χ2v) is 6.45. The second kappa shape index (κ2) is 5.87. The average Bonchev–Trinajstić information content (AvgIpc) is 2.86. The number of fused-ring (bicyclic) bond motifs is 1. The molecule has 132 valence electrons. The highest BCUT2D eigenvalue weighted by Gasteiger charge is 2.37. The number of nitrogens with zero attached hydrogens (tertiary/aromatic N) is 2. The predicted octanol–water partition coefficient (Wildman–Crippen LogP) is 5.78. The number of hydrogen-bond donors (Lipinski definition) is 1. The molecule has 3 nitrogen and oxygen atoms in total. The van der Waals surface area contributed by atoms with E-state index in [0.29, 0.717) is 22.3 Å². The molecular formula is C15H9F6N3S. The number of hydrogen-bond acceptors (Lipinski definition) is 4. The molecule has 2 aromatic heterocycles. The number of anilines is 2. The summed E-state index contributed by atoms with van der Waals surface area (Å²) >= 11 is 1.34. The van der Waals surface area contributed by atoms with Crippen LogP contribution in [0.5, 0.6) is 0 Å². The van der Waals surface area contributed by atoms with Gasteiger partial charge in [0.15, 0.2) is 0 Å². The monoisotopic (exact) mass is 377 g/mol. The minimum absolute atomic E-state index is 0.0789. The van der Waals surface area contributed by atoms with Crippen molar-refractivity contribution in [2.45, 2.75) is 19.3 Å².